The van der Waals surface area contributed by atoms with E-state index in [1.54, 1.807) is 35.9 Å². The predicted octanol–water partition coefficient (Wildman–Crippen LogP) is 3.88. The van der Waals surface area contributed by atoms with Crippen molar-refractivity contribution in [2.75, 3.05) is 5.32 Å². The summed E-state index contributed by atoms with van der Waals surface area (Å²) in [6.45, 7) is 5.68. The van der Waals surface area contributed by atoms with Crippen LogP contribution < -0.4 is 10.6 Å². The zero-order chi connectivity index (χ0) is 16.8. The normalized spacial score (nSPS) is 11.0. The first-order chi connectivity index (χ1) is 11.0. The van der Waals surface area contributed by atoms with E-state index in [1.807, 2.05) is 20.8 Å². The molecule has 23 heavy (non-hydrogen) atoms. The highest BCUT2D eigenvalue weighted by atomic mass is 32.1. The molecule has 0 unspecified atom stereocenters. The van der Waals surface area contributed by atoms with Gasteiger partial charge in [0.05, 0.1) is 11.2 Å². The molecule has 1 aromatic carbocycles. The van der Waals surface area contributed by atoms with Gasteiger partial charge in [0.15, 0.2) is 5.78 Å². The van der Waals surface area contributed by atoms with Crippen molar-refractivity contribution in [2.24, 2.45) is 0 Å². The molecule has 0 saturated carbocycles. The van der Waals surface area contributed by atoms with E-state index in [1.165, 1.54) is 17.4 Å². The van der Waals surface area contributed by atoms with Gasteiger partial charge in [0.2, 0.25) is 0 Å². The highest BCUT2D eigenvalue weighted by Crippen LogP contribution is 2.15. The summed E-state index contributed by atoms with van der Waals surface area (Å²) >= 11 is 1.50. The molecule has 2 aromatic rings. The Hall–Kier alpha value is -2.47. The van der Waals surface area contributed by atoms with Gasteiger partial charge in [-0.15, -0.1) is 11.3 Å². The Bertz CT molecular complexity index is 718. The smallest absolute Gasteiger partial charge is 0.319 e. The Kier molecular flexibility index (Phi) is 5.65. The third-order valence-corrected chi connectivity index (χ3v) is 3.91. The number of aromatic nitrogens is 1. The van der Waals surface area contributed by atoms with E-state index in [0.29, 0.717) is 11.3 Å². The number of allylic oxidation sites excluding steroid dienone is 1. The van der Waals surface area contributed by atoms with Crippen molar-refractivity contribution >= 4 is 34.9 Å². The number of hydrogen-bond acceptors (Lipinski definition) is 4. The van der Waals surface area contributed by atoms with Crippen LogP contribution >= 0.6 is 11.3 Å². The average molecular weight is 329 g/mol. The number of carbonyl (C=O) groups is 2. The van der Waals surface area contributed by atoms with Crippen molar-refractivity contribution < 1.29 is 9.59 Å². The maximum Gasteiger partial charge on any atom is 0.319 e. The lowest BCUT2D eigenvalue weighted by Gasteiger charge is -2.10. The van der Waals surface area contributed by atoms with E-state index < -0.39 is 0 Å². The molecule has 0 fully saturated rings. The van der Waals surface area contributed by atoms with Crippen molar-refractivity contribution in [1.82, 2.24) is 10.3 Å². The lowest BCUT2D eigenvalue weighted by molar-refractivity contribution is 0.104. The minimum Gasteiger partial charge on any atom is -0.336 e. The molecule has 0 aliphatic carbocycles. The van der Waals surface area contributed by atoms with E-state index >= 15 is 0 Å². The molecule has 2 N–H and O–H groups in total. The number of nitrogens with zero attached hydrogens (tertiary/aromatic N) is 1. The molecule has 1 aromatic heterocycles. The summed E-state index contributed by atoms with van der Waals surface area (Å²) in [5.41, 5.74) is 3.87. The molecule has 0 saturated heterocycles. The number of urea groups is 1. The number of aryl methyl sites for hydroxylation is 1. The van der Waals surface area contributed by atoms with Gasteiger partial charge in [-0.1, -0.05) is 0 Å². The number of carbonyl (C=O) groups excluding carboxylic acids is 2. The topological polar surface area (TPSA) is 71.1 Å². The summed E-state index contributed by atoms with van der Waals surface area (Å²) in [7, 11) is 0. The van der Waals surface area contributed by atoms with Gasteiger partial charge in [-0.2, -0.15) is 0 Å². The Labute approximate surface area is 139 Å². The molecule has 1 heterocycles. The van der Waals surface area contributed by atoms with Crippen LogP contribution in [0.15, 0.2) is 35.9 Å². The number of nitrogens with one attached hydrogen (secondary N) is 2. The van der Waals surface area contributed by atoms with Crippen LogP contribution in [-0.2, 0) is 0 Å². The first kappa shape index (κ1) is 16.9. The quantitative estimate of drug-likeness (QED) is 0.646. The van der Waals surface area contributed by atoms with E-state index in [0.717, 1.165) is 10.6 Å². The molecule has 0 bridgehead atoms. The summed E-state index contributed by atoms with van der Waals surface area (Å²) in [6.07, 6.45) is 3.31. The summed E-state index contributed by atoms with van der Waals surface area (Å²) in [6, 6.07) is 6.60. The Morgan fingerprint density at radius 2 is 1.91 bits per heavy atom. The van der Waals surface area contributed by atoms with E-state index in [-0.39, 0.29) is 17.9 Å². The summed E-state index contributed by atoms with van der Waals surface area (Å²) < 4.78 is 0. The highest BCUT2D eigenvalue weighted by Gasteiger charge is 2.06. The minimum atomic E-state index is -0.264. The average Bonchev–Trinajstić information content (AvgIpc) is 2.90. The number of ketones is 1. The summed E-state index contributed by atoms with van der Waals surface area (Å²) in [5.74, 6) is -0.0871. The van der Waals surface area contributed by atoms with Crippen molar-refractivity contribution in [3.8, 4) is 0 Å². The fourth-order valence-corrected chi connectivity index (χ4v) is 2.56. The lowest BCUT2D eigenvalue weighted by Crippen LogP contribution is -2.34. The summed E-state index contributed by atoms with van der Waals surface area (Å²) in [4.78, 5) is 28.8. The Balaban J connectivity index is 1.99. The molecule has 0 atom stereocenters. The fraction of sp³-hybridized carbons (Fsp3) is 0.235. The van der Waals surface area contributed by atoms with Crippen molar-refractivity contribution in [3.63, 3.8) is 0 Å². The largest absolute Gasteiger partial charge is 0.336 e. The lowest BCUT2D eigenvalue weighted by atomic mass is 10.1. The van der Waals surface area contributed by atoms with Gasteiger partial charge < -0.3 is 10.6 Å². The van der Waals surface area contributed by atoms with Crippen LogP contribution in [0.3, 0.4) is 0 Å². The van der Waals surface area contributed by atoms with E-state index in [4.69, 9.17) is 0 Å². The van der Waals surface area contributed by atoms with Gasteiger partial charge >= 0.3 is 6.03 Å². The number of anilines is 1. The standard InChI is InChI=1S/C17H19N3O2S/c1-11(2)19-17(22)20-14-6-4-13(5-7-14)15(21)8-9-16-12(3)18-10-23-16/h4-11H,1-3H3,(H2,19,20,22). The van der Waals surface area contributed by atoms with Gasteiger partial charge in [0.25, 0.3) is 0 Å². The molecule has 120 valence electrons. The van der Waals surface area contributed by atoms with Gasteiger partial charge in [0, 0.05) is 22.2 Å². The maximum atomic E-state index is 12.1. The van der Waals surface area contributed by atoms with E-state index in [9.17, 15) is 9.59 Å². The zero-order valence-electron chi connectivity index (χ0n) is 13.3. The van der Waals surface area contributed by atoms with Gasteiger partial charge in [-0.3, -0.25) is 4.79 Å². The summed E-state index contributed by atoms with van der Waals surface area (Å²) in [5, 5.41) is 5.45. The molecular formula is C17H19N3O2S. The Morgan fingerprint density at radius 3 is 2.48 bits per heavy atom. The molecule has 2 rings (SSSR count). The minimum absolute atomic E-state index is 0.0659. The van der Waals surface area contributed by atoms with Crippen LogP contribution in [0.25, 0.3) is 6.08 Å². The predicted molar refractivity (Wildman–Crippen MR) is 93.9 cm³/mol. The number of benzene rings is 1. The first-order valence-corrected chi connectivity index (χ1v) is 8.13. The molecule has 0 aliphatic heterocycles. The molecule has 2 amide bonds. The second kappa shape index (κ2) is 7.69. The molecule has 0 radical (unpaired) electrons. The van der Waals surface area contributed by atoms with Crippen molar-refractivity contribution in [1.29, 1.82) is 0 Å². The second-order valence-electron chi connectivity index (χ2n) is 5.33. The van der Waals surface area contributed by atoms with Crippen LogP contribution in [0.1, 0.15) is 34.8 Å². The zero-order valence-corrected chi connectivity index (χ0v) is 14.1. The number of hydrogen-bond donors (Lipinski definition) is 2. The Morgan fingerprint density at radius 1 is 1.22 bits per heavy atom. The van der Waals surface area contributed by atoms with Crippen LogP contribution in [0.2, 0.25) is 0 Å². The van der Waals surface area contributed by atoms with Crippen LogP contribution in [0.4, 0.5) is 10.5 Å². The molecular weight excluding hydrogens is 310 g/mol. The molecule has 6 heteroatoms. The van der Waals surface area contributed by atoms with Crippen LogP contribution in [0.5, 0.6) is 0 Å². The van der Waals surface area contributed by atoms with Crippen molar-refractivity contribution in [2.45, 2.75) is 26.8 Å². The van der Waals surface area contributed by atoms with Gasteiger partial charge in [0.1, 0.15) is 0 Å². The highest BCUT2D eigenvalue weighted by molar-refractivity contribution is 7.10. The van der Waals surface area contributed by atoms with Crippen LogP contribution in [-0.4, -0.2) is 22.8 Å². The number of rotatable bonds is 5. The molecule has 5 nitrogen and oxygen atoms in total. The van der Waals surface area contributed by atoms with Crippen LogP contribution in [0, 0.1) is 6.92 Å². The monoisotopic (exact) mass is 329 g/mol. The van der Waals surface area contributed by atoms with Gasteiger partial charge in [-0.25, -0.2) is 9.78 Å². The number of amides is 2. The first-order valence-electron chi connectivity index (χ1n) is 7.26. The van der Waals surface area contributed by atoms with E-state index in [2.05, 4.69) is 15.6 Å². The second-order valence-corrected chi connectivity index (χ2v) is 6.22. The van der Waals surface area contributed by atoms with Gasteiger partial charge in [-0.05, 0) is 57.2 Å². The molecule has 0 spiro atoms. The number of thiazole rings is 1. The SMILES string of the molecule is Cc1ncsc1C=CC(=O)c1ccc(NC(=O)NC(C)C)cc1. The fourth-order valence-electron chi connectivity index (χ4n) is 1.87. The molecule has 0 aliphatic rings. The van der Waals surface area contributed by atoms with Crippen molar-refractivity contribution in [3.05, 3.63) is 52.0 Å². The third-order valence-electron chi connectivity index (χ3n) is 3.02. The maximum absolute atomic E-state index is 12.1. The third kappa shape index (κ3) is 5.03.